The van der Waals surface area contributed by atoms with Crippen LogP contribution < -0.4 is 0 Å². The molecule has 0 aliphatic carbocycles. The van der Waals surface area contributed by atoms with E-state index in [1.54, 1.807) is 0 Å². The molecule has 1 heterocycles. The Bertz CT molecular complexity index is 436. The van der Waals surface area contributed by atoms with Crippen LogP contribution in [0.15, 0.2) is 42.6 Å². The molecule has 0 saturated carbocycles. The van der Waals surface area contributed by atoms with E-state index < -0.39 is 7.82 Å². The van der Waals surface area contributed by atoms with Crippen LogP contribution in [-0.2, 0) is 27.9 Å². The molecule has 0 spiro atoms. The van der Waals surface area contributed by atoms with E-state index in [-0.39, 0.29) is 0 Å². The minimum atomic E-state index is -4.14. The molecule has 85 valence electrons. The maximum atomic E-state index is 9.47. The third-order valence-electron chi connectivity index (χ3n) is 1.61. The van der Waals surface area contributed by atoms with Gasteiger partial charge >= 0.3 is 45.5 Å². The number of benzene rings is 1. The largest absolute Gasteiger partial charge is 0.256 e. The molecule has 0 unspecified atom stereocenters. The number of rotatable bonds is 1. The zero-order valence-corrected chi connectivity index (χ0v) is 11.0. The molecule has 0 bridgehead atoms. The number of hydrogen-bond donors (Lipinski definition) is 2. The van der Waals surface area contributed by atoms with Gasteiger partial charge in [0, 0.05) is 11.6 Å². The van der Waals surface area contributed by atoms with Gasteiger partial charge in [-0.25, -0.2) is 0 Å². The molecule has 0 saturated heterocycles. The average molecular weight is 322 g/mol. The minimum absolute atomic E-state index is 0.883. The molecule has 1 aromatic carbocycles. The van der Waals surface area contributed by atoms with Crippen molar-refractivity contribution in [2.24, 2.45) is 0 Å². The summed E-state index contributed by atoms with van der Waals surface area (Å²) < 4.78 is 13.1. The van der Waals surface area contributed by atoms with Gasteiger partial charge < -0.3 is 0 Å². The van der Waals surface area contributed by atoms with E-state index >= 15 is 0 Å². The Hall–Kier alpha value is -0.572. The zero-order chi connectivity index (χ0) is 12.0. The van der Waals surface area contributed by atoms with E-state index in [1.165, 1.54) is 5.39 Å². The summed E-state index contributed by atoms with van der Waals surface area (Å²) in [5.41, 5.74) is 1.06. The Balaban J connectivity index is 0.000000187. The van der Waals surface area contributed by atoms with Gasteiger partial charge in [-0.2, -0.15) is 0 Å². The molecule has 0 aliphatic rings. The van der Waals surface area contributed by atoms with Crippen LogP contribution in [0.25, 0.3) is 10.9 Å². The third kappa shape index (κ3) is 4.97. The van der Waals surface area contributed by atoms with Crippen LogP contribution in [0.4, 0.5) is 0 Å². The van der Waals surface area contributed by atoms with Crippen molar-refractivity contribution in [2.45, 2.75) is 0 Å². The van der Waals surface area contributed by atoms with Gasteiger partial charge in [-0.1, -0.05) is 24.3 Å². The van der Waals surface area contributed by atoms with E-state index in [1.807, 2.05) is 30.5 Å². The van der Waals surface area contributed by atoms with Gasteiger partial charge in [0.05, 0.1) is 5.52 Å². The van der Waals surface area contributed by atoms with Crippen molar-refractivity contribution in [1.82, 2.24) is 4.98 Å². The van der Waals surface area contributed by atoms with Crippen molar-refractivity contribution in [3.63, 3.8) is 0 Å². The van der Waals surface area contributed by atoms with Gasteiger partial charge in [-0.15, -0.1) is 0 Å². The molecular weight excluding hydrogens is 313 g/mol. The maximum absolute atomic E-state index is 9.47. The number of aromatic nitrogens is 1. The predicted octanol–water partition coefficient (Wildman–Crippen LogP) is 1.79. The molecule has 5 nitrogen and oxygen atoms in total. The fraction of sp³-hybridized carbons (Fsp3) is 0. The predicted molar refractivity (Wildman–Crippen MR) is 54.9 cm³/mol. The van der Waals surface area contributed by atoms with Gasteiger partial charge in [0.25, 0.3) is 0 Å². The van der Waals surface area contributed by atoms with Gasteiger partial charge in [-0.05, 0) is 12.1 Å². The molecule has 1 aromatic heterocycles. The monoisotopic (exact) mass is 324 g/mol. The first-order chi connectivity index (χ1) is 7.53. The first-order valence-corrected chi connectivity index (χ1v) is 6.55. The summed E-state index contributed by atoms with van der Waals surface area (Å²) in [5, 5.41) is 1.20. The molecule has 7 heteroatoms. The van der Waals surface area contributed by atoms with Gasteiger partial charge in [-0.3, -0.25) is 4.98 Å². The minimum Gasteiger partial charge on any atom is -0.256 e. The van der Waals surface area contributed by atoms with E-state index in [4.69, 9.17) is 9.79 Å². The number of pyridine rings is 1. The molecule has 0 aliphatic heterocycles. The molecular formula is C9H9MoNO4P. The Labute approximate surface area is 104 Å². The van der Waals surface area contributed by atoms with Crippen LogP contribution >= 0.6 is 7.82 Å². The molecule has 0 atom stereocenters. The standard InChI is InChI=1S/C9H7N.Mo.H3O4P/c1-2-6-9-8(4-1)5-3-7-10-9;;1-5(2,3)4/h1-7H;;(H3,1,2,3,4)/q;+1;/p-1. The van der Waals surface area contributed by atoms with Crippen molar-refractivity contribution >= 4 is 18.7 Å². The molecule has 16 heavy (non-hydrogen) atoms. The second-order valence-electron chi connectivity index (χ2n) is 2.76. The number of nitrogens with zero attached hydrogens (tertiary/aromatic N) is 1. The number of hydrogen-bond acceptors (Lipinski definition) is 3. The van der Waals surface area contributed by atoms with E-state index in [0.29, 0.717) is 0 Å². The van der Waals surface area contributed by atoms with Crippen molar-refractivity contribution in [3.8, 4) is 0 Å². The zero-order valence-electron chi connectivity index (χ0n) is 8.06. The van der Waals surface area contributed by atoms with Crippen molar-refractivity contribution in [2.75, 3.05) is 0 Å². The second kappa shape index (κ2) is 6.23. The summed E-state index contributed by atoms with van der Waals surface area (Å²) in [6.45, 7) is 0. The molecule has 0 radical (unpaired) electrons. The fourth-order valence-corrected chi connectivity index (χ4v) is 1.02. The van der Waals surface area contributed by atoms with Crippen molar-refractivity contribution in [3.05, 3.63) is 42.6 Å². The Kier molecular flexibility index (Phi) is 5.26. The third-order valence-corrected chi connectivity index (χ3v) is 3.24. The van der Waals surface area contributed by atoms with Crippen molar-refractivity contribution in [1.29, 1.82) is 0 Å². The second-order valence-corrected chi connectivity index (χ2v) is 4.99. The van der Waals surface area contributed by atoms with Gasteiger partial charge in [0.15, 0.2) is 0 Å². The van der Waals surface area contributed by atoms with Crippen LogP contribution in [0.5, 0.6) is 0 Å². The molecule has 2 N–H and O–H groups in total. The Morgan fingerprint density at radius 2 is 1.75 bits per heavy atom. The van der Waals surface area contributed by atoms with Crippen LogP contribution in [0, 0.1) is 0 Å². The molecule has 2 rings (SSSR count). The summed E-state index contributed by atoms with van der Waals surface area (Å²) in [4.78, 5) is 19.6. The smallest absolute Gasteiger partial charge is 0.0701 e. The van der Waals surface area contributed by atoms with Crippen LogP contribution in [0.2, 0.25) is 0 Å². The summed E-state index contributed by atoms with van der Waals surface area (Å²) in [7, 11) is -4.14. The maximum Gasteiger partial charge on any atom is 0.0701 e. The van der Waals surface area contributed by atoms with Crippen LogP contribution in [0.3, 0.4) is 0 Å². The summed E-state index contributed by atoms with van der Waals surface area (Å²) in [6, 6.07) is 12.1. The van der Waals surface area contributed by atoms with Gasteiger partial charge in [0.1, 0.15) is 0 Å². The Morgan fingerprint density at radius 1 is 1.19 bits per heavy atom. The SMILES string of the molecule is O=P(O)(O)[O][Mo].c1ccc2ncccc2c1. The average Bonchev–Trinajstić information content (AvgIpc) is 2.29. The topological polar surface area (TPSA) is 79.7 Å². The molecule has 0 fully saturated rings. The fourth-order valence-electron chi connectivity index (χ4n) is 1.02. The first-order valence-electron chi connectivity index (χ1n) is 4.20. The normalized spacial score (nSPS) is 10.6. The van der Waals surface area contributed by atoms with Crippen LogP contribution in [-0.4, -0.2) is 14.8 Å². The summed E-state index contributed by atoms with van der Waals surface area (Å²) in [5.74, 6) is 0. The summed E-state index contributed by atoms with van der Waals surface area (Å²) in [6.07, 6.45) is 1.81. The summed E-state index contributed by atoms with van der Waals surface area (Å²) >= 11 is 0.883. The number of fused-ring (bicyclic) bond motifs is 1. The quantitative estimate of drug-likeness (QED) is 0.618. The van der Waals surface area contributed by atoms with Gasteiger partial charge in [0.2, 0.25) is 0 Å². The molecule has 0 amide bonds. The van der Waals surface area contributed by atoms with E-state index in [0.717, 1.165) is 25.7 Å². The molecule has 2 aromatic rings. The van der Waals surface area contributed by atoms with Crippen LogP contribution in [0.1, 0.15) is 0 Å². The number of phosphoric acid groups is 1. The number of para-hydroxylation sites is 1. The van der Waals surface area contributed by atoms with E-state index in [2.05, 4.69) is 20.3 Å². The first kappa shape index (κ1) is 13.5. The Morgan fingerprint density at radius 3 is 2.31 bits per heavy atom. The van der Waals surface area contributed by atoms with Crippen molar-refractivity contribution < 1.29 is 37.7 Å². The van der Waals surface area contributed by atoms with E-state index in [9.17, 15) is 4.57 Å².